The number of carbonyl (C=O) groups is 1. The smallest absolute Gasteiger partial charge is 0.247 e. The molecule has 0 radical (unpaired) electrons. The van der Waals surface area contributed by atoms with Crippen LogP contribution in [-0.2, 0) is 21.2 Å². The van der Waals surface area contributed by atoms with Crippen molar-refractivity contribution in [2.45, 2.75) is 12.8 Å². The molecule has 0 bridgehead atoms. The van der Waals surface area contributed by atoms with E-state index < -0.39 is 10.0 Å². The lowest BCUT2D eigenvalue weighted by Crippen LogP contribution is -2.47. The summed E-state index contributed by atoms with van der Waals surface area (Å²) in [4.78, 5) is 13.6. The number of sulfonamides is 1. The summed E-state index contributed by atoms with van der Waals surface area (Å²) in [5, 5.41) is 0. The minimum atomic E-state index is -3.54. The zero-order chi connectivity index (χ0) is 17.2. The van der Waals surface area contributed by atoms with Crippen molar-refractivity contribution in [1.82, 2.24) is 0 Å². The fraction of sp³-hybridized carbons (Fsp3) is 0.278. The van der Waals surface area contributed by atoms with Crippen molar-refractivity contribution < 1.29 is 13.2 Å². The summed E-state index contributed by atoms with van der Waals surface area (Å²) in [6.07, 6.45) is 1.22. The van der Waals surface area contributed by atoms with Gasteiger partial charge in [0, 0.05) is 7.05 Å². The van der Waals surface area contributed by atoms with Gasteiger partial charge in [0.15, 0.2) is 0 Å². The zero-order valence-corrected chi connectivity index (χ0v) is 14.4. The van der Waals surface area contributed by atoms with Crippen LogP contribution >= 0.6 is 0 Å². The van der Waals surface area contributed by atoms with Crippen molar-refractivity contribution in [3.05, 3.63) is 60.2 Å². The van der Waals surface area contributed by atoms with Gasteiger partial charge < -0.3 is 4.90 Å². The fourth-order valence-corrected chi connectivity index (χ4v) is 4.36. The zero-order valence-electron chi connectivity index (χ0n) is 13.6. The van der Waals surface area contributed by atoms with Crippen LogP contribution in [0.1, 0.15) is 12.0 Å². The third-order valence-corrected chi connectivity index (χ3v) is 6.01. The first-order chi connectivity index (χ1) is 11.5. The summed E-state index contributed by atoms with van der Waals surface area (Å²) in [5.74, 6) is -0.201. The molecule has 0 N–H and O–H groups in total. The molecular formula is C18H20N2O3S. The number of aryl methyl sites for hydroxylation is 1. The lowest BCUT2D eigenvalue weighted by atomic mass is 10.1. The van der Waals surface area contributed by atoms with Gasteiger partial charge in [0.05, 0.1) is 17.1 Å². The monoisotopic (exact) mass is 344 g/mol. The first-order valence-corrected chi connectivity index (χ1v) is 9.50. The van der Waals surface area contributed by atoms with E-state index in [-0.39, 0.29) is 18.2 Å². The number of likely N-dealkylation sites (N-methyl/N-ethyl adjacent to an activating group) is 1. The molecule has 126 valence electrons. The van der Waals surface area contributed by atoms with Crippen LogP contribution in [0, 0.1) is 0 Å². The van der Waals surface area contributed by atoms with Crippen LogP contribution in [0.3, 0.4) is 0 Å². The van der Waals surface area contributed by atoms with Gasteiger partial charge in [-0.3, -0.25) is 9.10 Å². The van der Waals surface area contributed by atoms with Gasteiger partial charge in [-0.25, -0.2) is 8.42 Å². The first kappa shape index (κ1) is 16.5. The van der Waals surface area contributed by atoms with Crippen LogP contribution < -0.4 is 9.21 Å². The van der Waals surface area contributed by atoms with Gasteiger partial charge >= 0.3 is 0 Å². The Bertz CT molecular complexity index is 834. The maximum absolute atomic E-state index is 12.7. The Morgan fingerprint density at radius 2 is 1.58 bits per heavy atom. The molecule has 1 amide bonds. The second kappa shape index (κ2) is 6.65. The predicted octanol–water partition coefficient (Wildman–Crippen LogP) is 2.43. The van der Waals surface area contributed by atoms with Crippen LogP contribution in [0.5, 0.6) is 0 Å². The van der Waals surface area contributed by atoms with Gasteiger partial charge in [0.1, 0.15) is 6.54 Å². The minimum absolute atomic E-state index is 0.0211. The number of amides is 1. The van der Waals surface area contributed by atoms with Gasteiger partial charge in [0.25, 0.3) is 0 Å². The van der Waals surface area contributed by atoms with E-state index in [0.717, 1.165) is 5.56 Å². The van der Waals surface area contributed by atoms with Crippen molar-refractivity contribution in [2.75, 3.05) is 28.6 Å². The molecule has 2 aromatic rings. The number of hydrogen-bond donors (Lipinski definition) is 0. The Kier molecular flexibility index (Phi) is 4.57. The highest BCUT2D eigenvalue weighted by Crippen LogP contribution is 2.34. The van der Waals surface area contributed by atoms with Gasteiger partial charge in [-0.2, -0.15) is 0 Å². The Balaban J connectivity index is 1.77. The summed E-state index contributed by atoms with van der Waals surface area (Å²) in [6.45, 7) is -0.138. The topological polar surface area (TPSA) is 57.7 Å². The van der Waals surface area contributed by atoms with E-state index in [9.17, 15) is 13.2 Å². The number of nitrogens with zero attached hydrogens (tertiary/aromatic N) is 2. The van der Waals surface area contributed by atoms with Crippen molar-refractivity contribution in [2.24, 2.45) is 0 Å². The third-order valence-electron chi connectivity index (χ3n) is 4.21. The molecule has 0 unspecified atom stereocenters. The van der Waals surface area contributed by atoms with Crippen LogP contribution in [-0.4, -0.2) is 33.7 Å². The lowest BCUT2D eigenvalue weighted by Gasteiger charge is -2.34. The minimum Gasteiger partial charge on any atom is -0.312 e. The molecule has 0 aromatic heterocycles. The van der Waals surface area contributed by atoms with Crippen LogP contribution in [0.2, 0.25) is 0 Å². The SMILES string of the molecule is CN1C(=O)CN(S(=O)(=O)CCCc2ccccc2)c2ccccc21. The average Bonchev–Trinajstić information content (AvgIpc) is 2.59. The lowest BCUT2D eigenvalue weighted by molar-refractivity contribution is -0.117. The molecule has 1 heterocycles. The van der Waals surface area contributed by atoms with Crippen LogP contribution in [0.25, 0.3) is 0 Å². The van der Waals surface area contributed by atoms with Gasteiger partial charge in [-0.05, 0) is 30.5 Å². The normalized spacial score (nSPS) is 14.6. The quantitative estimate of drug-likeness (QED) is 0.837. The van der Waals surface area contributed by atoms with Crippen molar-refractivity contribution in [3.8, 4) is 0 Å². The van der Waals surface area contributed by atoms with Crippen molar-refractivity contribution >= 4 is 27.3 Å². The number of hydrogen-bond acceptors (Lipinski definition) is 3. The molecular weight excluding hydrogens is 324 g/mol. The summed E-state index contributed by atoms with van der Waals surface area (Å²) in [7, 11) is -1.87. The molecule has 2 aromatic carbocycles. The molecule has 0 atom stereocenters. The molecule has 3 rings (SSSR count). The Labute approximate surface area is 142 Å². The van der Waals surface area contributed by atoms with Crippen molar-refractivity contribution in [1.29, 1.82) is 0 Å². The number of rotatable bonds is 5. The van der Waals surface area contributed by atoms with E-state index in [1.54, 1.807) is 31.3 Å². The van der Waals surface area contributed by atoms with E-state index in [2.05, 4.69) is 0 Å². The van der Waals surface area contributed by atoms with Gasteiger partial charge in [-0.1, -0.05) is 42.5 Å². The second-order valence-electron chi connectivity index (χ2n) is 5.85. The molecule has 5 nitrogen and oxygen atoms in total. The Hall–Kier alpha value is -2.34. The molecule has 6 heteroatoms. The number of carbonyl (C=O) groups excluding carboxylic acids is 1. The Morgan fingerprint density at radius 1 is 0.958 bits per heavy atom. The van der Waals surface area contributed by atoms with E-state index in [0.29, 0.717) is 24.2 Å². The predicted molar refractivity (Wildman–Crippen MR) is 95.7 cm³/mol. The number of anilines is 2. The second-order valence-corrected chi connectivity index (χ2v) is 7.87. The van der Waals surface area contributed by atoms with E-state index in [1.165, 1.54) is 9.21 Å². The molecule has 0 saturated carbocycles. The molecule has 0 saturated heterocycles. The van der Waals surface area contributed by atoms with Crippen LogP contribution in [0.15, 0.2) is 54.6 Å². The highest BCUT2D eigenvalue weighted by Gasteiger charge is 2.33. The maximum atomic E-state index is 12.7. The third kappa shape index (κ3) is 3.28. The molecule has 0 aliphatic carbocycles. The molecule has 24 heavy (non-hydrogen) atoms. The van der Waals surface area contributed by atoms with Gasteiger partial charge in [-0.15, -0.1) is 0 Å². The number of fused-ring (bicyclic) bond motifs is 1. The molecule has 0 fully saturated rings. The highest BCUT2D eigenvalue weighted by molar-refractivity contribution is 7.92. The number of benzene rings is 2. The summed E-state index contributed by atoms with van der Waals surface area (Å²) < 4.78 is 26.7. The standard InChI is InChI=1S/C18H20N2O3S/c1-19-16-11-5-6-12-17(16)20(14-18(19)21)24(22,23)13-7-10-15-8-3-2-4-9-15/h2-6,8-9,11-12H,7,10,13-14H2,1H3. The maximum Gasteiger partial charge on any atom is 0.247 e. The van der Waals surface area contributed by atoms with E-state index in [4.69, 9.17) is 0 Å². The fourth-order valence-electron chi connectivity index (χ4n) is 2.87. The average molecular weight is 344 g/mol. The highest BCUT2D eigenvalue weighted by atomic mass is 32.2. The molecule has 0 spiro atoms. The molecule has 1 aliphatic heterocycles. The van der Waals surface area contributed by atoms with E-state index in [1.807, 2.05) is 30.3 Å². The summed E-state index contributed by atoms with van der Waals surface area (Å²) >= 11 is 0. The Morgan fingerprint density at radius 3 is 2.29 bits per heavy atom. The van der Waals surface area contributed by atoms with Crippen LogP contribution in [0.4, 0.5) is 11.4 Å². The number of para-hydroxylation sites is 2. The largest absolute Gasteiger partial charge is 0.312 e. The van der Waals surface area contributed by atoms with E-state index >= 15 is 0 Å². The summed E-state index contributed by atoms with van der Waals surface area (Å²) in [6, 6.07) is 16.9. The molecule has 1 aliphatic rings. The van der Waals surface area contributed by atoms with Crippen molar-refractivity contribution in [3.63, 3.8) is 0 Å². The summed E-state index contributed by atoms with van der Waals surface area (Å²) in [5.41, 5.74) is 2.31. The van der Waals surface area contributed by atoms with Gasteiger partial charge in [0.2, 0.25) is 15.9 Å². The first-order valence-electron chi connectivity index (χ1n) is 7.89.